The van der Waals surface area contributed by atoms with Crippen molar-refractivity contribution in [3.63, 3.8) is 0 Å². The summed E-state index contributed by atoms with van der Waals surface area (Å²) in [6, 6.07) is 2.44. The molecule has 0 unspecified atom stereocenters. The maximum atomic E-state index is 12.5. The van der Waals surface area contributed by atoms with E-state index in [0.717, 1.165) is 12.3 Å². The number of pyridine rings is 1. The van der Waals surface area contributed by atoms with Crippen molar-refractivity contribution in [2.45, 2.75) is 0 Å². The van der Waals surface area contributed by atoms with Crippen LogP contribution in [0.3, 0.4) is 0 Å². The molecule has 0 bridgehead atoms. The molecular weight excluding hydrogens is 247 g/mol. The molecule has 0 aliphatic carbocycles. The number of halogens is 1. The number of hydrogen-bond acceptors (Lipinski definition) is 4. The van der Waals surface area contributed by atoms with Crippen LogP contribution in [0.2, 0.25) is 0 Å². The average Bonchev–Trinajstić information content (AvgIpc) is 2.29. The summed E-state index contributed by atoms with van der Waals surface area (Å²) >= 11 is 1.21. The minimum absolute atomic E-state index is 0.00463. The predicted octanol–water partition coefficient (Wildman–Crippen LogP) is 0.768. The van der Waals surface area contributed by atoms with Crippen molar-refractivity contribution >= 4 is 23.6 Å². The van der Waals surface area contributed by atoms with Gasteiger partial charge >= 0.3 is 5.97 Å². The molecular formula is C10H11FN2O3S. The van der Waals surface area contributed by atoms with Gasteiger partial charge in [-0.1, -0.05) is 0 Å². The fourth-order valence-electron chi connectivity index (χ4n) is 0.997. The van der Waals surface area contributed by atoms with Crippen molar-refractivity contribution in [2.24, 2.45) is 0 Å². The van der Waals surface area contributed by atoms with Gasteiger partial charge in [-0.2, -0.15) is 0 Å². The number of carboxylic acid groups (broad SMARTS) is 1. The third-order valence-electron chi connectivity index (χ3n) is 1.72. The molecule has 7 heteroatoms. The summed E-state index contributed by atoms with van der Waals surface area (Å²) in [6.07, 6.45) is 0.966. The van der Waals surface area contributed by atoms with E-state index < -0.39 is 17.7 Å². The number of amides is 1. The highest BCUT2D eigenvalue weighted by atomic mass is 32.2. The second-order valence-corrected chi connectivity index (χ2v) is 4.17. The summed E-state index contributed by atoms with van der Waals surface area (Å²) in [7, 11) is 0. The van der Waals surface area contributed by atoms with Gasteiger partial charge in [0.15, 0.2) is 0 Å². The van der Waals surface area contributed by atoms with Gasteiger partial charge in [0.2, 0.25) is 0 Å². The van der Waals surface area contributed by atoms with Crippen molar-refractivity contribution in [2.75, 3.05) is 18.1 Å². The molecule has 5 nitrogen and oxygen atoms in total. The minimum Gasteiger partial charge on any atom is -0.481 e. The lowest BCUT2D eigenvalue weighted by molar-refractivity contribution is -0.133. The molecule has 0 saturated heterocycles. The molecule has 17 heavy (non-hydrogen) atoms. The molecule has 0 aromatic carbocycles. The summed E-state index contributed by atoms with van der Waals surface area (Å²) in [5, 5.41) is 10.9. The minimum atomic E-state index is -0.887. The van der Waals surface area contributed by atoms with Crippen LogP contribution in [0, 0.1) is 5.82 Å². The fourth-order valence-corrected chi connectivity index (χ4v) is 1.56. The Balaban J connectivity index is 2.25. The Morgan fingerprint density at radius 2 is 2.24 bits per heavy atom. The number of thioether (sulfide) groups is 1. The summed E-state index contributed by atoms with van der Waals surface area (Å²) in [4.78, 5) is 25.2. The highest BCUT2D eigenvalue weighted by Crippen LogP contribution is 1.99. The van der Waals surface area contributed by atoms with Crippen molar-refractivity contribution < 1.29 is 19.1 Å². The fraction of sp³-hybridized carbons (Fsp3) is 0.300. The Labute approximate surface area is 101 Å². The van der Waals surface area contributed by atoms with Gasteiger partial charge in [0, 0.05) is 12.3 Å². The zero-order valence-electron chi connectivity index (χ0n) is 8.85. The van der Waals surface area contributed by atoms with E-state index in [-0.39, 0.29) is 11.4 Å². The Hall–Kier alpha value is -1.63. The molecule has 0 aliphatic heterocycles. The van der Waals surface area contributed by atoms with Crippen LogP contribution in [0.4, 0.5) is 4.39 Å². The average molecular weight is 258 g/mol. The lowest BCUT2D eigenvalue weighted by atomic mass is 10.3. The van der Waals surface area contributed by atoms with Crippen LogP contribution in [0.1, 0.15) is 10.5 Å². The number of nitrogens with one attached hydrogen (secondary N) is 1. The first-order valence-electron chi connectivity index (χ1n) is 4.79. The van der Waals surface area contributed by atoms with Gasteiger partial charge < -0.3 is 10.4 Å². The highest BCUT2D eigenvalue weighted by molar-refractivity contribution is 7.99. The number of rotatable bonds is 6. The molecule has 1 amide bonds. The second-order valence-electron chi connectivity index (χ2n) is 3.06. The van der Waals surface area contributed by atoms with E-state index in [1.54, 1.807) is 0 Å². The third-order valence-corrected chi connectivity index (χ3v) is 2.66. The van der Waals surface area contributed by atoms with Crippen LogP contribution < -0.4 is 5.32 Å². The molecule has 0 saturated carbocycles. The molecule has 1 rings (SSSR count). The zero-order valence-corrected chi connectivity index (χ0v) is 9.67. The van der Waals surface area contributed by atoms with Crippen LogP contribution in [-0.2, 0) is 4.79 Å². The van der Waals surface area contributed by atoms with Crippen molar-refractivity contribution in [1.82, 2.24) is 10.3 Å². The quantitative estimate of drug-likeness (QED) is 0.737. The molecule has 2 N–H and O–H groups in total. The predicted molar refractivity (Wildman–Crippen MR) is 61.5 cm³/mol. The Bertz CT molecular complexity index is 397. The first kappa shape index (κ1) is 13.4. The van der Waals surface area contributed by atoms with E-state index in [4.69, 9.17) is 5.11 Å². The summed E-state index contributed by atoms with van der Waals surface area (Å²) < 4.78 is 12.5. The molecule has 0 atom stereocenters. The monoisotopic (exact) mass is 258 g/mol. The highest BCUT2D eigenvalue weighted by Gasteiger charge is 2.06. The van der Waals surface area contributed by atoms with E-state index in [1.807, 2.05) is 0 Å². The topological polar surface area (TPSA) is 79.3 Å². The second kappa shape index (κ2) is 6.85. The van der Waals surface area contributed by atoms with Crippen molar-refractivity contribution in [1.29, 1.82) is 0 Å². The smallest absolute Gasteiger partial charge is 0.313 e. The number of aliphatic carboxylic acids is 1. The molecule has 0 radical (unpaired) electrons. The lowest BCUT2D eigenvalue weighted by Crippen LogP contribution is -2.26. The number of hydrogen-bond donors (Lipinski definition) is 2. The molecule has 0 fully saturated rings. The standard InChI is InChI=1S/C10H11FN2O3S/c11-7-1-2-8(13-5-7)10(16)12-3-4-17-6-9(14)15/h1-2,5H,3-4,6H2,(H,12,16)(H,14,15). The molecule has 1 aromatic rings. The van der Waals surface area contributed by atoms with Gasteiger partial charge in [-0.15, -0.1) is 11.8 Å². The largest absolute Gasteiger partial charge is 0.481 e. The number of aromatic nitrogens is 1. The van der Waals surface area contributed by atoms with E-state index in [1.165, 1.54) is 17.8 Å². The van der Waals surface area contributed by atoms with Gasteiger partial charge in [-0.05, 0) is 12.1 Å². The van der Waals surface area contributed by atoms with Crippen molar-refractivity contribution in [3.05, 3.63) is 29.8 Å². The zero-order chi connectivity index (χ0) is 12.7. The van der Waals surface area contributed by atoms with Gasteiger partial charge in [-0.3, -0.25) is 9.59 Å². The van der Waals surface area contributed by atoms with Crippen molar-refractivity contribution in [3.8, 4) is 0 Å². The SMILES string of the molecule is O=C(O)CSCCNC(=O)c1ccc(F)cn1. The number of carboxylic acids is 1. The van der Waals surface area contributed by atoms with Crippen LogP contribution >= 0.6 is 11.8 Å². The number of nitrogens with zero attached hydrogens (tertiary/aromatic N) is 1. The molecule has 1 heterocycles. The molecule has 1 aromatic heterocycles. The van der Waals surface area contributed by atoms with Gasteiger partial charge in [0.1, 0.15) is 11.5 Å². The Morgan fingerprint density at radius 3 is 2.82 bits per heavy atom. The summed E-state index contributed by atoms with van der Waals surface area (Å²) in [6.45, 7) is 0.343. The summed E-state index contributed by atoms with van der Waals surface area (Å²) in [5.74, 6) is -1.29. The normalized spacial score (nSPS) is 9.94. The number of carbonyl (C=O) groups is 2. The van der Waals surface area contributed by atoms with E-state index in [0.29, 0.717) is 12.3 Å². The van der Waals surface area contributed by atoms with Crippen LogP contribution in [0.15, 0.2) is 18.3 Å². The Kier molecular flexibility index (Phi) is 5.41. The third kappa shape index (κ3) is 5.30. The Morgan fingerprint density at radius 1 is 1.47 bits per heavy atom. The first-order valence-corrected chi connectivity index (χ1v) is 5.94. The lowest BCUT2D eigenvalue weighted by Gasteiger charge is -2.03. The first-order chi connectivity index (χ1) is 8.09. The van der Waals surface area contributed by atoms with Gasteiger partial charge in [-0.25, -0.2) is 9.37 Å². The number of carbonyl (C=O) groups excluding carboxylic acids is 1. The maximum absolute atomic E-state index is 12.5. The van der Waals surface area contributed by atoms with E-state index >= 15 is 0 Å². The molecule has 0 spiro atoms. The van der Waals surface area contributed by atoms with Crippen LogP contribution in [0.5, 0.6) is 0 Å². The molecule has 92 valence electrons. The van der Waals surface area contributed by atoms with E-state index in [9.17, 15) is 14.0 Å². The van der Waals surface area contributed by atoms with E-state index in [2.05, 4.69) is 10.3 Å². The van der Waals surface area contributed by atoms with Crippen LogP contribution in [0.25, 0.3) is 0 Å². The van der Waals surface area contributed by atoms with Gasteiger partial charge in [0.05, 0.1) is 11.9 Å². The summed E-state index contributed by atoms with van der Waals surface area (Å²) in [5.41, 5.74) is 0.134. The van der Waals surface area contributed by atoms with Gasteiger partial charge in [0.25, 0.3) is 5.91 Å². The maximum Gasteiger partial charge on any atom is 0.313 e. The van der Waals surface area contributed by atoms with Crippen LogP contribution in [-0.4, -0.2) is 40.0 Å². The molecule has 0 aliphatic rings.